The third-order valence-corrected chi connectivity index (χ3v) is 5.65. The Kier molecular flexibility index (Phi) is 9.02. The molecule has 0 aliphatic heterocycles. The zero-order chi connectivity index (χ0) is 22.9. The third-order valence-electron chi connectivity index (χ3n) is 5.15. The van der Waals surface area contributed by atoms with Crippen molar-refractivity contribution in [2.45, 2.75) is 43.9 Å². The van der Waals surface area contributed by atoms with Crippen LogP contribution in [0.4, 0.5) is 0 Å². The van der Waals surface area contributed by atoms with Gasteiger partial charge in [0, 0.05) is 22.1 Å². The fourth-order valence-corrected chi connectivity index (χ4v) is 3.66. The number of hydrogen-bond donors (Lipinski definition) is 3. The molecule has 3 rings (SSSR count). The Morgan fingerprint density at radius 3 is 1.84 bits per heavy atom. The summed E-state index contributed by atoms with van der Waals surface area (Å²) in [6.07, 6.45) is 1.61. The molecule has 0 aromatic heterocycles. The monoisotopic (exact) mass is 480 g/mol. The van der Waals surface area contributed by atoms with Crippen LogP contribution in [0.2, 0.25) is 10.0 Å². The minimum absolute atomic E-state index is 0.0302. The lowest BCUT2D eigenvalue weighted by molar-refractivity contribution is -0.132. The van der Waals surface area contributed by atoms with Gasteiger partial charge < -0.3 is 25.2 Å². The number of aliphatic hydroxyl groups excluding tert-OH is 1. The first-order valence-corrected chi connectivity index (χ1v) is 11.2. The Balaban J connectivity index is 1.32. The maximum Gasteiger partial charge on any atom is 0.258 e. The number of nitrogens with one attached hydrogen (secondary N) is 2. The van der Waals surface area contributed by atoms with Gasteiger partial charge >= 0.3 is 0 Å². The van der Waals surface area contributed by atoms with E-state index in [0.717, 1.165) is 12.8 Å². The number of rotatable bonds is 9. The summed E-state index contributed by atoms with van der Waals surface area (Å²) >= 11 is 11.6. The van der Waals surface area contributed by atoms with Crippen LogP contribution in [0.1, 0.15) is 25.7 Å². The maximum atomic E-state index is 12.2. The molecular weight excluding hydrogens is 455 g/mol. The molecule has 0 spiro atoms. The summed E-state index contributed by atoms with van der Waals surface area (Å²) in [7, 11) is 0. The van der Waals surface area contributed by atoms with Gasteiger partial charge in [-0.3, -0.25) is 9.59 Å². The highest BCUT2D eigenvalue weighted by atomic mass is 35.5. The van der Waals surface area contributed by atoms with Gasteiger partial charge in [-0.05, 0) is 74.2 Å². The Labute approximate surface area is 197 Å². The van der Waals surface area contributed by atoms with Crippen LogP contribution in [0, 0.1) is 0 Å². The summed E-state index contributed by atoms with van der Waals surface area (Å²) in [5, 5.41) is 17.1. The predicted octanol–water partition coefficient (Wildman–Crippen LogP) is 3.36. The topological polar surface area (TPSA) is 96.9 Å². The fraction of sp³-hybridized carbons (Fsp3) is 0.391. The van der Waals surface area contributed by atoms with Crippen LogP contribution in [0.25, 0.3) is 0 Å². The summed E-state index contributed by atoms with van der Waals surface area (Å²) in [5.74, 6) is 0.442. The molecule has 1 saturated carbocycles. The normalized spacial score (nSPS) is 19.0. The molecule has 1 aliphatic rings. The average Bonchev–Trinajstić information content (AvgIpc) is 2.79. The molecule has 0 heterocycles. The number of aliphatic hydroxyl groups is 1. The summed E-state index contributed by atoms with van der Waals surface area (Å²) in [6.45, 7) is -0.218. The van der Waals surface area contributed by atoms with Gasteiger partial charge in [-0.2, -0.15) is 0 Å². The third kappa shape index (κ3) is 7.89. The van der Waals surface area contributed by atoms with Crippen molar-refractivity contribution in [1.29, 1.82) is 0 Å². The quantitative estimate of drug-likeness (QED) is 0.511. The molecular formula is C23H26Cl2N2O5. The fourth-order valence-electron chi connectivity index (χ4n) is 3.41. The SMILES string of the molecule is O=C(COc1ccc(Cl)cc1)NC1CCC(NC(=O)C(O)COc2ccc(Cl)cc2)CC1. The highest BCUT2D eigenvalue weighted by molar-refractivity contribution is 6.30. The Bertz CT molecular complexity index is 884. The van der Waals surface area contributed by atoms with Crippen LogP contribution in [0.3, 0.4) is 0 Å². The van der Waals surface area contributed by atoms with Crippen LogP contribution in [-0.4, -0.2) is 48.3 Å². The van der Waals surface area contributed by atoms with Gasteiger partial charge in [-0.25, -0.2) is 0 Å². The van der Waals surface area contributed by atoms with E-state index in [1.54, 1.807) is 48.5 Å². The number of halogens is 2. The van der Waals surface area contributed by atoms with Crippen molar-refractivity contribution in [3.05, 3.63) is 58.6 Å². The van der Waals surface area contributed by atoms with Crippen molar-refractivity contribution in [2.75, 3.05) is 13.2 Å². The van der Waals surface area contributed by atoms with E-state index in [1.165, 1.54) is 0 Å². The molecule has 32 heavy (non-hydrogen) atoms. The van der Waals surface area contributed by atoms with E-state index >= 15 is 0 Å². The summed E-state index contributed by atoms with van der Waals surface area (Å²) < 4.78 is 10.9. The second-order valence-corrected chi connectivity index (χ2v) is 8.52. The first-order valence-electron chi connectivity index (χ1n) is 10.4. The van der Waals surface area contributed by atoms with Crippen LogP contribution >= 0.6 is 23.2 Å². The van der Waals surface area contributed by atoms with E-state index in [-0.39, 0.29) is 31.2 Å². The van der Waals surface area contributed by atoms with Gasteiger partial charge in [-0.1, -0.05) is 23.2 Å². The number of benzene rings is 2. The summed E-state index contributed by atoms with van der Waals surface area (Å²) in [5.41, 5.74) is 0. The molecule has 2 aromatic carbocycles. The van der Waals surface area contributed by atoms with Crippen LogP contribution < -0.4 is 20.1 Å². The van der Waals surface area contributed by atoms with Crippen LogP contribution in [0.5, 0.6) is 11.5 Å². The number of carbonyl (C=O) groups excluding carboxylic acids is 2. The lowest BCUT2D eigenvalue weighted by atomic mass is 9.91. The average molecular weight is 481 g/mol. The standard InChI is InChI=1S/C23H26Cl2N2O5/c24-15-1-9-19(10-2-15)31-13-21(28)23(30)27-18-7-5-17(6-8-18)26-22(29)14-32-20-11-3-16(25)4-12-20/h1-4,9-12,17-18,21,28H,5-8,13-14H2,(H,26,29)(H,27,30). The molecule has 3 N–H and O–H groups in total. The van der Waals surface area contributed by atoms with E-state index in [4.69, 9.17) is 32.7 Å². The van der Waals surface area contributed by atoms with Gasteiger partial charge in [0.2, 0.25) is 0 Å². The van der Waals surface area contributed by atoms with Crippen LogP contribution in [-0.2, 0) is 9.59 Å². The molecule has 0 bridgehead atoms. The van der Waals surface area contributed by atoms with Crippen molar-refractivity contribution < 1.29 is 24.2 Å². The van der Waals surface area contributed by atoms with Crippen molar-refractivity contribution in [3.8, 4) is 11.5 Å². The summed E-state index contributed by atoms with van der Waals surface area (Å²) in [6, 6.07) is 13.5. The van der Waals surface area contributed by atoms with E-state index in [1.807, 2.05) is 0 Å². The molecule has 172 valence electrons. The minimum atomic E-state index is -1.27. The number of amides is 2. The molecule has 2 amide bonds. The lowest BCUT2D eigenvalue weighted by Gasteiger charge is -2.30. The van der Waals surface area contributed by atoms with E-state index in [9.17, 15) is 14.7 Å². The molecule has 9 heteroatoms. The second-order valence-electron chi connectivity index (χ2n) is 7.65. The molecule has 0 radical (unpaired) electrons. The maximum absolute atomic E-state index is 12.2. The van der Waals surface area contributed by atoms with Gasteiger partial charge in [0.25, 0.3) is 11.8 Å². The minimum Gasteiger partial charge on any atom is -0.490 e. The van der Waals surface area contributed by atoms with E-state index in [2.05, 4.69) is 10.6 Å². The summed E-state index contributed by atoms with van der Waals surface area (Å²) in [4.78, 5) is 24.4. The van der Waals surface area contributed by atoms with Crippen LogP contribution in [0.15, 0.2) is 48.5 Å². The van der Waals surface area contributed by atoms with Crippen molar-refractivity contribution in [2.24, 2.45) is 0 Å². The van der Waals surface area contributed by atoms with Crippen molar-refractivity contribution >= 4 is 35.0 Å². The molecule has 0 saturated heterocycles. The lowest BCUT2D eigenvalue weighted by Crippen LogP contribution is -2.48. The second kappa shape index (κ2) is 11.9. The Morgan fingerprint density at radius 1 is 0.844 bits per heavy atom. The zero-order valence-corrected chi connectivity index (χ0v) is 18.9. The van der Waals surface area contributed by atoms with E-state index < -0.39 is 12.0 Å². The highest BCUT2D eigenvalue weighted by Crippen LogP contribution is 2.20. The predicted molar refractivity (Wildman–Crippen MR) is 122 cm³/mol. The molecule has 1 fully saturated rings. The molecule has 2 aromatic rings. The zero-order valence-electron chi connectivity index (χ0n) is 17.4. The Morgan fingerprint density at radius 2 is 1.31 bits per heavy atom. The molecule has 1 atom stereocenters. The molecule has 1 unspecified atom stereocenters. The number of hydrogen-bond acceptors (Lipinski definition) is 5. The first-order chi connectivity index (χ1) is 15.4. The smallest absolute Gasteiger partial charge is 0.258 e. The van der Waals surface area contributed by atoms with Gasteiger partial charge in [0.1, 0.15) is 18.1 Å². The van der Waals surface area contributed by atoms with Gasteiger partial charge in [0.15, 0.2) is 12.7 Å². The van der Waals surface area contributed by atoms with E-state index in [0.29, 0.717) is 34.4 Å². The van der Waals surface area contributed by atoms with Gasteiger partial charge in [0.05, 0.1) is 0 Å². The highest BCUT2D eigenvalue weighted by Gasteiger charge is 2.26. The molecule has 1 aliphatic carbocycles. The Hall–Kier alpha value is -2.48. The largest absolute Gasteiger partial charge is 0.490 e. The van der Waals surface area contributed by atoms with Crippen molar-refractivity contribution in [3.63, 3.8) is 0 Å². The number of ether oxygens (including phenoxy) is 2. The number of carbonyl (C=O) groups is 2. The van der Waals surface area contributed by atoms with Crippen molar-refractivity contribution in [1.82, 2.24) is 10.6 Å². The first kappa shape index (κ1) is 24.2. The van der Waals surface area contributed by atoms with Gasteiger partial charge in [-0.15, -0.1) is 0 Å². The molecule has 7 nitrogen and oxygen atoms in total.